The van der Waals surface area contributed by atoms with E-state index in [1.807, 2.05) is 74.5 Å². The molecule has 0 saturated carbocycles. The van der Waals surface area contributed by atoms with E-state index >= 15 is 0 Å². The van der Waals surface area contributed by atoms with Crippen LogP contribution < -0.4 is 9.62 Å². The number of nitro groups is 1. The molecule has 0 saturated heterocycles. The van der Waals surface area contributed by atoms with Gasteiger partial charge >= 0.3 is 0 Å². The van der Waals surface area contributed by atoms with Gasteiger partial charge in [-0.15, -0.1) is 0 Å². The van der Waals surface area contributed by atoms with Crippen LogP contribution in [0.3, 0.4) is 0 Å². The summed E-state index contributed by atoms with van der Waals surface area (Å²) in [6.45, 7) is 3.04. The molecule has 4 aromatic carbocycles. The molecular formula is C33H34N4O6S. The minimum atomic E-state index is -4.30. The summed E-state index contributed by atoms with van der Waals surface area (Å²) < 4.78 is 28.8. The van der Waals surface area contributed by atoms with Gasteiger partial charge in [0.25, 0.3) is 15.7 Å². The second-order valence-electron chi connectivity index (χ2n) is 10.5. The van der Waals surface area contributed by atoms with Crippen LogP contribution in [0.25, 0.3) is 0 Å². The number of hydrogen-bond acceptors (Lipinski definition) is 6. The zero-order valence-corrected chi connectivity index (χ0v) is 25.3. The molecule has 0 aliphatic heterocycles. The largest absolute Gasteiger partial charge is 0.352 e. The van der Waals surface area contributed by atoms with Gasteiger partial charge in [-0.05, 0) is 49.2 Å². The minimum absolute atomic E-state index is 0.0438. The van der Waals surface area contributed by atoms with Crippen molar-refractivity contribution in [2.45, 2.75) is 43.8 Å². The Morgan fingerprint density at radius 3 is 1.84 bits per heavy atom. The Balaban J connectivity index is 1.79. The van der Waals surface area contributed by atoms with Gasteiger partial charge in [-0.3, -0.25) is 24.0 Å². The molecule has 0 bridgehead atoms. The van der Waals surface area contributed by atoms with Crippen molar-refractivity contribution in [3.05, 3.63) is 137 Å². The lowest BCUT2D eigenvalue weighted by molar-refractivity contribution is -0.384. The standard InChI is InChI=1S/C33H34N4O6S/c1-25(2)34-33(39)31(22-26-12-6-3-7-13-26)35(23-27-14-8-4-9-15-27)32(38)24-36(28-18-20-29(21-19-28)37(40)41)44(42,43)30-16-10-5-11-17-30/h3-21,25,31H,22-24H2,1-2H3,(H,34,39)/t31-/m1/s1. The summed E-state index contributed by atoms with van der Waals surface area (Å²) in [5.41, 5.74) is 1.42. The first kappa shape index (κ1) is 31.9. The fraction of sp³-hybridized carbons (Fsp3) is 0.212. The van der Waals surface area contributed by atoms with Crippen LogP contribution in [0.4, 0.5) is 11.4 Å². The number of benzene rings is 4. The predicted octanol–water partition coefficient (Wildman–Crippen LogP) is 4.95. The molecule has 0 unspecified atom stereocenters. The van der Waals surface area contributed by atoms with Crippen molar-refractivity contribution in [1.82, 2.24) is 10.2 Å². The van der Waals surface area contributed by atoms with E-state index < -0.39 is 33.4 Å². The highest BCUT2D eigenvalue weighted by atomic mass is 32.2. The van der Waals surface area contributed by atoms with E-state index in [1.165, 1.54) is 41.3 Å². The maximum atomic E-state index is 14.3. The quantitative estimate of drug-likeness (QED) is 0.168. The second kappa shape index (κ2) is 14.4. The SMILES string of the molecule is CC(C)NC(=O)[C@@H](Cc1ccccc1)N(Cc1ccccc1)C(=O)CN(c1ccc([N+](=O)[O-])cc1)S(=O)(=O)c1ccccc1. The van der Waals surface area contributed by atoms with Gasteiger partial charge in [-0.1, -0.05) is 78.9 Å². The number of nitrogens with one attached hydrogen (secondary N) is 1. The van der Waals surface area contributed by atoms with Gasteiger partial charge < -0.3 is 10.2 Å². The number of carbonyl (C=O) groups is 2. The van der Waals surface area contributed by atoms with E-state index in [1.54, 1.807) is 18.2 Å². The molecule has 4 rings (SSSR count). The zero-order valence-electron chi connectivity index (χ0n) is 24.4. The molecule has 4 aromatic rings. The molecule has 0 aliphatic rings. The van der Waals surface area contributed by atoms with E-state index in [2.05, 4.69) is 5.32 Å². The van der Waals surface area contributed by atoms with Crippen LogP contribution in [0.15, 0.2) is 120 Å². The fourth-order valence-electron chi connectivity index (χ4n) is 4.70. The summed E-state index contributed by atoms with van der Waals surface area (Å²) >= 11 is 0. The van der Waals surface area contributed by atoms with Gasteiger partial charge in [0.2, 0.25) is 11.8 Å². The lowest BCUT2D eigenvalue weighted by atomic mass is 10.0. The third-order valence-corrected chi connectivity index (χ3v) is 8.64. The van der Waals surface area contributed by atoms with Crippen molar-refractivity contribution in [1.29, 1.82) is 0 Å². The molecule has 0 spiro atoms. The average molecular weight is 615 g/mol. The number of carbonyl (C=O) groups excluding carboxylic acids is 2. The summed E-state index contributed by atoms with van der Waals surface area (Å²) in [6.07, 6.45) is 0.195. The number of non-ortho nitro benzene ring substituents is 1. The number of hydrogen-bond donors (Lipinski definition) is 1. The highest BCUT2D eigenvalue weighted by molar-refractivity contribution is 7.92. The van der Waals surface area contributed by atoms with Gasteiger partial charge in [0, 0.05) is 31.1 Å². The maximum Gasteiger partial charge on any atom is 0.269 e. The smallest absolute Gasteiger partial charge is 0.269 e. The highest BCUT2D eigenvalue weighted by Crippen LogP contribution is 2.27. The summed E-state index contributed by atoms with van der Waals surface area (Å²) in [7, 11) is -4.30. The first-order valence-electron chi connectivity index (χ1n) is 14.1. The summed E-state index contributed by atoms with van der Waals surface area (Å²) in [6, 6.07) is 29.8. The zero-order chi connectivity index (χ0) is 31.7. The van der Waals surface area contributed by atoms with Crippen molar-refractivity contribution in [3.63, 3.8) is 0 Å². The number of sulfonamides is 1. The van der Waals surface area contributed by atoms with Gasteiger partial charge in [-0.25, -0.2) is 8.42 Å². The molecule has 0 aliphatic carbocycles. The predicted molar refractivity (Wildman–Crippen MR) is 168 cm³/mol. The lowest BCUT2D eigenvalue weighted by Gasteiger charge is -2.34. The van der Waals surface area contributed by atoms with E-state index in [9.17, 15) is 28.1 Å². The Morgan fingerprint density at radius 2 is 1.32 bits per heavy atom. The first-order valence-corrected chi connectivity index (χ1v) is 15.5. The topological polar surface area (TPSA) is 130 Å². The van der Waals surface area contributed by atoms with Crippen LogP contribution in [-0.4, -0.2) is 48.7 Å². The minimum Gasteiger partial charge on any atom is -0.352 e. The van der Waals surface area contributed by atoms with Crippen molar-refractivity contribution in [2.24, 2.45) is 0 Å². The first-order chi connectivity index (χ1) is 21.1. The summed E-state index contributed by atoms with van der Waals surface area (Å²) in [4.78, 5) is 40.0. The summed E-state index contributed by atoms with van der Waals surface area (Å²) in [5.74, 6) is -0.993. The summed E-state index contributed by atoms with van der Waals surface area (Å²) in [5, 5.41) is 14.2. The molecule has 0 fully saturated rings. The third-order valence-electron chi connectivity index (χ3n) is 6.86. The van der Waals surface area contributed by atoms with Crippen molar-refractivity contribution in [2.75, 3.05) is 10.8 Å². The second-order valence-corrected chi connectivity index (χ2v) is 12.3. The van der Waals surface area contributed by atoms with E-state index in [-0.39, 0.29) is 41.2 Å². The van der Waals surface area contributed by atoms with E-state index in [0.29, 0.717) is 0 Å². The van der Waals surface area contributed by atoms with Gasteiger partial charge in [-0.2, -0.15) is 0 Å². The number of amides is 2. The Morgan fingerprint density at radius 1 is 0.795 bits per heavy atom. The van der Waals surface area contributed by atoms with Crippen LogP contribution >= 0.6 is 0 Å². The molecule has 0 heterocycles. The molecule has 10 nitrogen and oxygen atoms in total. The molecule has 1 atom stereocenters. The monoisotopic (exact) mass is 614 g/mol. The van der Waals surface area contributed by atoms with Crippen LogP contribution in [0.2, 0.25) is 0 Å². The number of rotatable bonds is 13. The number of nitro benzene ring substituents is 1. The van der Waals surface area contributed by atoms with Crippen molar-refractivity contribution >= 4 is 33.2 Å². The maximum absolute atomic E-state index is 14.3. The van der Waals surface area contributed by atoms with Crippen LogP contribution in [0.5, 0.6) is 0 Å². The van der Waals surface area contributed by atoms with Crippen molar-refractivity contribution < 1.29 is 22.9 Å². The van der Waals surface area contributed by atoms with Crippen LogP contribution in [0, 0.1) is 10.1 Å². The van der Waals surface area contributed by atoms with Crippen molar-refractivity contribution in [3.8, 4) is 0 Å². The normalized spacial score (nSPS) is 11.9. The Hall–Kier alpha value is -5.03. The van der Waals surface area contributed by atoms with Crippen LogP contribution in [0.1, 0.15) is 25.0 Å². The van der Waals surface area contributed by atoms with E-state index in [0.717, 1.165) is 15.4 Å². The van der Waals surface area contributed by atoms with Gasteiger partial charge in [0.1, 0.15) is 12.6 Å². The molecule has 44 heavy (non-hydrogen) atoms. The molecule has 228 valence electrons. The Kier molecular flexibility index (Phi) is 10.5. The van der Waals surface area contributed by atoms with Gasteiger partial charge in [0.15, 0.2) is 0 Å². The van der Waals surface area contributed by atoms with Crippen LogP contribution in [-0.2, 0) is 32.6 Å². The Labute approximate surface area is 257 Å². The number of nitrogens with zero attached hydrogens (tertiary/aromatic N) is 3. The molecule has 0 radical (unpaired) electrons. The molecule has 1 N–H and O–H groups in total. The Bertz CT molecular complexity index is 1670. The average Bonchev–Trinajstić information content (AvgIpc) is 3.02. The van der Waals surface area contributed by atoms with Gasteiger partial charge in [0.05, 0.1) is 15.5 Å². The molecule has 11 heteroatoms. The number of anilines is 1. The molecule has 2 amide bonds. The van der Waals surface area contributed by atoms with E-state index in [4.69, 9.17) is 0 Å². The fourth-order valence-corrected chi connectivity index (χ4v) is 6.14. The molecular weight excluding hydrogens is 580 g/mol. The molecule has 0 aromatic heterocycles. The highest BCUT2D eigenvalue weighted by Gasteiger charge is 2.35. The lowest BCUT2D eigenvalue weighted by Crippen LogP contribution is -2.54. The third kappa shape index (κ3) is 8.07.